The Morgan fingerprint density at radius 2 is 1.94 bits per heavy atom. The van der Waals surface area contributed by atoms with Gasteiger partial charge in [0.15, 0.2) is 0 Å². The summed E-state index contributed by atoms with van der Waals surface area (Å²) >= 11 is 2.12. The van der Waals surface area contributed by atoms with Crippen molar-refractivity contribution in [1.29, 1.82) is 0 Å². The molecule has 0 aromatic heterocycles. The molecule has 1 saturated carbocycles. The van der Waals surface area contributed by atoms with E-state index in [2.05, 4.69) is 22.0 Å². The average Bonchev–Trinajstić information content (AvgIpc) is 2.68. The minimum absolute atomic E-state index is 0.986. The van der Waals surface area contributed by atoms with E-state index in [0.717, 1.165) is 5.92 Å². The molecule has 2 aliphatic rings. The van der Waals surface area contributed by atoms with Gasteiger partial charge in [0.25, 0.3) is 0 Å². The van der Waals surface area contributed by atoms with E-state index in [4.69, 9.17) is 0 Å². The highest BCUT2D eigenvalue weighted by Crippen LogP contribution is 2.23. The van der Waals surface area contributed by atoms with Crippen LogP contribution in [0.2, 0.25) is 0 Å². The van der Waals surface area contributed by atoms with Gasteiger partial charge in [0, 0.05) is 25.4 Å². The fourth-order valence-electron chi connectivity index (χ4n) is 2.78. The zero-order valence-electron chi connectivity index (χ0n) is 10.4. The third-order valence-electron chi connectivity index (χ3n) is 3.83. The fraction of sp³-hybridized carbons (Fsp3) is 1.00. The molecular formula is C13H26N2S. The second-order valence-electron chi connectivity index (χ2n) is 5.16. The Morgan fingerprint density at radius 3 is 2.81 bits per heavy atom. The van der Waals surface area contributed by atoms with Crippen LogP contribution in [0.3, 0.4) is 0 Å². The van der Waals surface area contributed by atoms with Gasteiger partial charge in [0.2, 0.25) is 0 Å². The van der Waals surface area contributed by atoms with Crippen LogP contribution in [0, 0.1) is 5.92 Å². The van der Waals surface area contributed by atoms with Crippen LogP contribution in [0.1, 0.15) is 32.1 Å². The lowest BCUT2D eigenvalue weighted by atomic mass is 10.1. The minimum atomic E-state index is 0.986. The Bertz CT molecular complexity index is 173. The SMILES string of the molecule is C1CCC(CNCCN2CCCSCC2)C1. The summed E-state index contributed by atoms with van der Waals surface area (Å²) in [5.41, 5.74) is 0. The van der Waals surface area contributed by atoms with E-state index < -0.39 is 0 Å². The first-order valence-corrected chi connectivity index (χ1v) is 8.11. The summed E-state index contributed by atoms with van der Waals surface area (Å²) in [7, 11) is 0. The molecule has 1 heterocycles. The number of nitrogens with zero attached hydrogens (tertiary/aromatic N) is 1. The number of rotatable bonds is 5. The predicted octanol–water partition coefficient (Wildman–Crippen LogP) is 2.21. The Hall–Kier alpha value is 0.270. The zero-order chi connectivity index (χ0) is 11.1. The van der Waals surface area contributed by atoms with Gasteiger partial charge in [0.05, 0.1) is 0 Å². The topological polar surface area (TPSA) is 15.3 Å². The zero-order valence-corrected chi connectivity index (χ0v) is 11.2. The van der Waals surface area contributed by atoms with Crippen LogP contribution in [0.5, 0.6) is 0 Å². The van der Waals surface area contributed by atoms with E-state index in [-0.39, 0.29) is 0 Å². The monoisotopic (exact) mass is 242 g/mol. The Morgan fingerprint density at radius 1 is 1.06 bits per heavy atom. The van der Waals surface area contributed by atoms with E-state index in [9.17, 15) is 0 Å². The number of nitrogens with one attached hydrogen (secondary N) is 1. The number of hydrogen-bond donors (Lipinski definition) is 1. The van der Waals surface area contributed by atoms with Gasteiger partial charge in [-0.1, -0.05) is 12.8 Å². The smallest absolute Gasteiger partial charge is 0.0107 e. The van der Waals surface area contributed by atoms with Crippen molar-refractivity contribution in [2.75, 3.05) is 44.2 Å². The summed E-state index contributed by atoms with van der Waals surface area (Å²) in [6, 6.07) is 0. The van der Waals surface area contributed by atoms with Gasteiger partial charge in [-0.2, -0.15) is 11.8 Å². The highest BCUT2D eigenvalue weighted by atomic mass is 32.2. The summed E-state index contributed by atoms with van der Waals surface area (Å²) in [5, 5.41) is 3.65. The van der Waals surface area contributed by atoms with Gasteiger partial charge < -0.3 is 10.2 Å². The molecule has 0 radical (unpaired) electrons. The first-order valence-electron chi connectivity index (χ1n) is 6.96. The molecule has 3 heteroatoms. The van der Waals surface area contributed by atoms with Crippen molar-refractivity contribution in [2.45, 2.75) is 32.1 Å². The third kappa shape index (κ3) is 4.64. The van der Waals surface area contributed by atoms with Crippen molar-refractivity contribution in [1.82, 2.24) is 10.2 Å². The van der Waals surface area contributed by atoms with Crippen molar-refractivity contribution in [3.8, 4) is 0 Å². The molecule has 0 spiro atoms. The molecule has 2 fully saturated rings. The minimum Gasteiger partial charge on any atom is -0.315 e. The summed E-state index contributed by atoms with van der Waals surface area (Å²) < 4.78 is 0. The molecule has 2 rings (SSSR count). The van der Waals surface area contributed by atoms with Crippen molar-refractivity contribution in [3.63, 3.8) is 0 Å². The van der Waals surface area contributed by atoms with Gasteiger partial charge >= 0.3 is 0 Å². The Balaban J connectivity index is 1.49. The first kappa shape index (κ1) is 12.7. The molecule has 1 N–H and O–H groups in total. The average molecular weight is 242 g/mol. The highest BCUT2D eigenvalue weighted by Gasteiger charge is 2.14. The molecule has 0 amide bonds. The van der Waals surface area contributed by atoms with Crippen molar-refractivity contribution >= 4 is 11.8 Å². The lowest BCUT2D eigenvalue weighted by molar-refractivity contribution is 0.291. The van der Waals surface area contributed by atoms with Gasteiger partial charge in [-0.15, -0.1) is 0 Å². The summed E-state index contributed by atoms with van der Waals surface area (Å²) in [6.45, 7) is 6.34. The van der Waals surface area contributed by atoms with Crippen LogP contribution in [-0.2, 0) is 0 Å². The molecule has 1 saturated heterocycles. The normalized spacial score (nSPS) is 24.8. The third-order valence-corrected chi connectivity index (χ3v) is 4.88. The van der Waals surface area contributed by atoms with Gasteiger partial charge in [0.1, 0.15) is 0 Å². The van der Waals surface area contributed by atoms with E-state index in [1.807, 2.05) is 0 Å². The molecule has 0 atom stereocenters. The molecule has 0 bridgehead atoms. The van der Waals surface area contributed by atoms with Crippen molar-refractivity contribution in [3.05, 3.63) is 0 Å². The standard InChI is InChI=1S/C13H26N2S/c1-2-5-13(4-1)12-14-6-8-15-7-3-10-16-11-9-15/h13-14H,1-12H2. The molecule has 0 aromatic carbocycles. The molecule has 1 aliphatic heterocycles. The quantitative estimate of drug-likeness (QED) is 0.744. The van der Waals surface area contributed by atoms with Crippen molar-refractivity contribution in [2.24, 2.45) is 5.92 Å². The lowest BCUT2D eigenvalue weighted by Gasteiger charge is -2.20. The second kappa shape index (κ2) is 7.57. The van der Waals surface area contributed by atoms with Crippen LogP contribution in [0.15, 0.2) is 0 Å². The Labute approximate surface area is 105 Å². The Kier molecular flexibility index (Phi) is 6.02. The van der Waals surface area contributed by atoms with Crippen LogP contribution >= 0.6 is 11.8 Å². The summed E-state index contributed by atoms with van der Waals surface area (Å²) in [6.07, 6.45) is 7.25. The van der Waals surface area contributed by atoms with E-state index in [1.54, 1.807) is 0 Å². The maximum atomic E-state index is 3.65. The van der Waals surface area contributed by atoms with E-state index >= 15 is 0 Å². The number of hydrogen-bond acceptors (Lipinski definition) is 3. The predicted molar refractivity (Wildman–Crippen MR) is 73.2 cm³/mol. The first-order chi connectivity index (χ1) is 7.95. The van der Waals surface area contributed by atoms with Crippen LogP contribution < -0.4 is 5.32 Å². The maximum Gasteiger partial charge on any atom is 0.0107 e. The molecule has 0 unspecified atom stereocenters. The molecule has 94 valence electrons. The van der Waals surface area contributed by atoms with Crippen molar-refractivity contribution < 1.29 is 0 Å². The number of thioether (sulfide) groups is 1. The largest absolute Gasteiger partial charge is 0.315 e. The molecular weight excluding hydrogens is 216 g/mol. The highest BCUT2D eigenvalue weighted by molar-refractivity contribution is 7.99. The second-order valence-corrected chi connectivity index (χ2v) is 6.39. The van der Waals surface area contributed by atoms with Gasteiger partial charge in [-0.3, -0.25) is 0 Å². The maximum absolute atomic E-state index is 3.65. The van der Waals surface area contributed by atoms with E-state index in [1.165, 1.54) is 76.3 Å². The van der Waals surface area contributed by atoms with Crippen LogP contribution in [-0.4, -0.2) is 49.1 Å². The van der Waals surface area contributed by atoms with E-state index in [0.29, 0.717) is 0 Å². The van der Waals surface area contributed by atoms with Crippen LogP contribution in [0.4, 0.5) is 0 Å². The lowest BCUT2D eigenvalue weighted by Crippen LogP contribution is -2.35. The van der Waals surface area contributed by atoms with Crippen LogP contribution in [0.25, 0.3) is 0 Å². The van der Waals surface area contributed by atoms with Gasteiger partial charge in [-0.05, 0) is 44.0 Å². The van der Waals surface area contributed by atoms with Gasteiger partial charge in [-0.25, -0.2) is 0 Å². The summed E-state index contributed by atoms with van der Waals surface area (Å²) in [4.78, 5) is 2.63. The summed E-state index contributed by atoms with van der Waals surface area (Å²) in [5.74, 6) is 3.69. The molecule has 2 nitrogen and oxygen atoms in total. The molecule has 0 aromatic rings. The molecule has 1 aliphatic carbocycles. The molecule has 16 heavy (non-hydrogen) atoms. The fourth-order valence-corrected chi connectivity index (χ4v) is 3.70.